The van der Waals surface area contributed by atoms with Crippen LogP contribution in [0.4, 0.5) is 0 Å². The van der Waals surface area contributed by atoms with Crippen LogP contribution in [0.5, 0.6) is 0 Å². The molecule has 0 aliphatic rings. The normalized spacial score (nSPS) is 12.9. The number of ether oxygens (including phenoxy) is 1. The summed E-state index contributed by atoms with van der Waals surface area (Å²) in [5, 5.41) is 0.720. The summed E-state index contributed by atoms with van der Waals surface area (Å²) in [6.07, 6.45) is 1.04. The van der Waals surface area contributed by atoms with E-state index in [-0.39, 0.29) is 12.2 Å². The second-order valence-electron chi connectivity index (χ2n) is 3.69. The molecular weight excluding hydrogens is 295 g/mol. The molecule has 0 N–H and O–H groups in total. The topological polar surface area (TPSA) is 44.8 Å². The molecule has 0 unspecified atom stereocenters. The third-order valence-corrected chi connectivity index (χ3v) is 3.49. The molecule has 0 spiro atoms. The predicted molar refractivity (Wildman–Crippen MR) is 68.9 cm³/mol. The smallest absolute Gasteiger partial charge is 0.357 e. The Morgan fingerprint density at radius 1 is 1.19 bits per heavy atom. The van der Waals surface area contributed by atoms with Crippen molar-refractivity contribution in [3.8, 4) is 0 Å². The van der Waals surface area contributed by atoms with E-state index < -0.39 is 7.60 Å². The van der Waals surface area contributed by atoms with Crippen LogP contribution < -0.4 is 0 Å². The predicted octanol–water partition coefficient (Wildman–Crippen LogP) is 3.91. The van der Waals surface area contributed by atoms with E-state index in [1.807, 2.05) is 27.7 Å². The number of hydrogen-bond acceptors (Lipinski definition) is 4. The molecule has 0 aliphatic heterocycles. The molecule has 0 fully saturated rings. The summed E-state index contributed by atoms with van der Waals surface area (Å²) in [5.74, 6) is 1.36. The van der Waals surface area contributed by atoms with E-state index in [2.05, 4.69) is 15.9 Å². The first-order chi connectivity index (χ1) is 7.39. The summed E-state index contributed by atoms with van der Waals surface area (Å²) in [6.45, 7) is 7.75. The highest BCUT2D eigenvalue weighted by molar-refractivity contribution is 9.09. The van der Waals surface area contributed by atoms with Crippen LogP contribution >= 0.6 is 23.5 Å². The Bertz CT molecular complexity index is 239. The van der Waals surface area contributed by atoms with E-state index in [0.29, 0.717) is 6.61 Å². The minimum atomic E-state index is -3.19. The molecule has 0 bridgehead atoms. The number of rotatable bonds is 8. The largest absolute Gasteiger partial charge is 0.500 e. The average molecular weight is 315 g/mol. The van der Waals surface area contributed by atoms with Gasteiger partial charge in [0.25, 0.3) is 0 Å². The first-order valence-corrected chi connectivity index (χ1v) is 7.95. The zero-order chi connectivity index (χ0) is 12.6. The quantitative estimate of drug-likeness (QED) is 0.295. The van der Waals surface area contributed by atoms with E-state index in [9.17, 15) is 4.57 Å². The molecule has 0 aliphatic carbocycles. The Morgan fingerprint density at radius 3 is 2.06 bits per heavy atom. The zero-order valence-corrected chi connectivity index (χ0v) is 12.7. The molecule has 0 amide bonds. The maximum atomic E-state index is 12.2. The Hall–Kier alpha value is 0.170. The van der Waals surface area contributed by atoms with E-state index in [4.69, 9.17) is 13.8 Å². The van der Waals surface area contributed by atoms with Gasteiger partial charge in [0.1, 0.15) is 0 Å². The van der Waals surface area contributed by atoms with Crippen molar-refractivity contribution in [3.05, 3.63) is 12.1 Å². The van der Waals surface area contributed by atoms with Crippen LogP contribution in [0.25, 0.3) is 0 Å². The Kier molecular flexibility index (Phi) is 8.38. The van der Waals surface area contributed by atoms with Crippen molar-refractivity contribution in [2.75, 3.05) is 11.9 Å². The van der Waals surface area contributed by atoms with Crippen LogP contribution in [-0.2, 0) is 18.3 Å². The maximum absolute atomic E-state index is 12.2. The van der Waals surface area contributed by atoms with Gasteiger partial charge in [0, 0.05) is 5.33 Å². The van der Waals surface area contributed by atoms with Crippen molar-refractivity contribution in [1.82, 2.24) is 0 Å². The van der Waals surface area contributed by atoms with Crippen LogP contribution in [0.2, 0.25) is 0 Å². The van der Waals surface area contributed by atoms with Crippen LogP contribution in [0.15, 0.2) is 12.1 Å². The lowest BCUT2D eigenvalue weighted by Crippen LogP contribution is -2.06. The van der Waals surface area contributed by atoms with Crippen molar-refractivity contribution >= 4 is 23.5 Å². The maximum Gasteiger partial charge on any atom is 0.357 e. The highest BCUT2D eigenvalue weighted by atomic mass is 79.9. The molecular formula is C10H20BrO4P. The lowest BCUT2D eigenvalue weighted by atomic mass is 10.5. The fourth-order valence-electron chi connectivity index (χ4n) is 0.913. The van der Waals surface area contributed by atoms with Crippen molar-refractivity contribution in [2.45, 2.75) is 39.9 Å². The van der Waals surface area contributed by atoms with Crippen molar-refractivity contribution < 1.29 is 18.3 Å². The SMILES string of the molecule is CC(C)OP(=O)(/C=C/OCCBr)OC(C)C. The van der Waals surface area contributed by atoms with Gasteiger partial charge in [0.15, 0.2) is 0 Å². The number of alkyl halides is 1. The van der Waals surface area contributed by atoms with Crippen molar-refractivity contribution in [1.29, 1.82) is 0 Å². The third kappa shape index (κ3) is 8.34. The molecule has 0 radical (unpaired) electrons. The lowest BCUT2D eigenvalue weighted by Gasteiger charge is -2.19. The van der Waals surface area contributed by atoms with E-state index in [1.165, 1.54) is 12.1 Å². The van der Waals surface area contributed by atoms with Gasteiger partial charge in [0.2, 0.25) is 0 Å². The average Bonchev–Trinajstić information content (AvgIpc) is 2.09. The van der Waals surface area contributed by atoms with Gasteiger partial charge in [-0.15, -0.1) is 0 Å². The van der Waals surface area contributed by atoms with Gasteiger partial charge in [-0.1, -0.05) is 15.9 Å². The Morgan fingerprint density at radius 2 is 1.69 bits per heavy atom. The molecule has 0 atom stereocenters. The van der Waals surface area contributed by atoms with Crippen molar-refractivity contribution in [2.24, 2.45) is 0 Å². The minimum Gasteiger partial charge on any atom is -0.500 e. The molecule has 96 valence electrons. The first kappa shape index (κ1) is 16.2. The van der Waals surface area contributed by atoms with E-state index in [1.54, 1.807) is 0 Å². The molecule has 0 aromatic heterocycles. The Labute approximate surface area is 106 Å². The monoisotopic (exact) mass is 314 g/mol. The highest BCUT2D eigenvalue weighted by Gasteiger charge is 2.24. The number of hydrogen-bond donors (Lipinski definition) is 0. The molecule has 0 heterocycles. The lowest BCUT2D eigenvalue weighted by molar-refractivity contribution is 0.148. The second kappa shape index (κ2) is 8.29. The molecule has 16 heavy (non-hydrogen) atoms. The first-order valence-electron chi connectivity index (χ1n) is 5.21. The zero-order valence-electron chi connectivity index (χ0n) is 10.2. The summed E-state index contributed by atoms with van der Waals surface area (Å²) in [6, 6.07) is 0. The summed E-state index contributed by atoms with van der Waals surface area (Å²) in [4.78, 5) is 0. The van der Waals surface area contributed by atoms with Crippen molar-refractivity contribution in [3.63, 3.8) is 0 Å². The molecule has 0 aromatic rings. The summed E-state index contributed by atoms with van der Waals surface area (Å²) >= 11 is 3.22. The molecule has 0 aromatic carbocycles. The summed E-state index contributed by atoms with van der Waals surface area (Å²) in [7, 11) is -3.19. The highest BCUT2D eigenvalue weighted by Crippen LogP contribution is 2.51. The molecule has 0 saturated carbocycles. The summed E-state index contributed by atoms with van der Waals surface area (Å²) < 4.78 is 27.8. The standard InChI is InChI=1S/C10H20BrO4P/c1-9(2)14-16(12,15-10(3)4)8-7-13-6-5-11/h7-10H,5-6H2,1-4H3/b8-7+. The van der Waals surface area contributed by atoms with Crippen LogP contribution in [0.3, 0.4) is 0 Å². The van der Waals surface area contributed by atoms with Gasteiger partial charge in [-0.25, -0.2) is 0 Å². The van der Waals surface area contributed by atoms with Gasteiger partial charge in [-0.3, -0.25) is 4.57 Å². The van der Waals surface area contributed by atoms with Crippen LogP contribution in [0, 0.1) is 0 Å². The van der Waals surface area contributed by atoms with Crippen LogP contribution in [-0.4, -0.2) is 24.1 Å². The molecule has 4 nitrogen and oxygen atoms in total. The fraction of sp³-hybridized carbons (Fsp3) is 0.800. The molecule has 0 saturated heterocycles. The minimum absolute atomic E-state index is 0.162. The van der Waals surface area contributed by atoms with Crippen LogP contribution in [0.1, 0.15) is 27.7 Å². The van der Waals surface area contributed by atoms with Gasteiger partial charge < -0.3 is 13.8 Å². The molecule has 0 rings (SSSR count). The van der Waals surface area contributed by atoms with Gasteiger partial charge >= 0.3 is 7.60 Å². The van der Waals surface area contributed by atoms with E-state index >= 15 is 0 Å². The van der Waals surface area contributed by atoms with E-state index in [0.717, 1.165) is 5.33 Å². The van der Waals surface area contributed by atoms with Gasteiger partial charge in [-0.2, -0.15) is 0 Å². The van der Waals surface area contributed by atoms with Gasteiger partial charge in [0.05, 0.1) is 30.9 Å². The van der Waals surface area contributed by atoms with Gasteiger partial charge in [-0.05, 0) is 27.7 Å². The number of halogens is 1. The third-order valence-electron chi connectivity index (χ3n) is 1.25. The second-order valence-corrected chi connectivity index (χ2v) is 6.29. The fourth-order valence-corrected chi connectivity index (χ4v) is 2.70. The summed E-state index contributed by atoms with van der Waals surface area (Å²) in [5.41, 5.74) is 0. The molecule has 6 heteroatoms. The Balaban J connectivity index is 4.41.